The van der Waals surface area contributed by atoms with Crippen molar-refractivity contribution in [2.24, 2.45) is 11.0 Å². The molecular weight excluding hydrogens is 461 g/mol. The summed E-state index contributed by atoms with van der Waals surface area (Å²) in [6.45, 7) is 0. The standard InChI is InChI=1S/C22H20Cl3N3O3/c23-13-6-4-12(5-7-13)20-11-18(21(29)26-17-3-1-2-15(17)22(30)31)27-28(20)19-9-8-14(24)10-16(19)25/h4-10,15,17,20H,1-3,11H2,(H,26,29)(H,30,31). The predicted octanol–water partition coefficient (Wildman–Crippen LogP) is 5.32. The molecule has 2 aromatic rings. The fraction of sp³-hybridized carbons (Fsp3) is 0.318. The van der Waals surface area contributed by atoms with Crippen LogP contribution in [0.5, 0.6) is 0 Å². The number of halogens is 3. The maximum atomic E-state index is 13.0. The van der Waals surface area contributed by atoms with Crippen LogP contribution in [0.2, 0.25) is 15.1 Å². The van der Waals surface area contributed by atoms with E-state index in [9.17, 15) is 14.7 Å². The van der Waals surface area contributed by atoms with Gasteiger partial charge in [-0.15, -0.1) is 0 Å². The molecule has 3 unspecified atom stereocenters. The number of hydrazone groups is 1. The average molecular weight is 481 g/mol. The molecule has 2 aliphatic rings. The van der Waals surface area contributed by atoms with Crippen LogP contribution in [0.15, 0.2) is 47.6 Å². The summed E-state index contributed by atoms with van der Waals surface area (Å²) in [5.74, 6) is -1.81. The van der Waals surface area contributed by atoms with Gasteiger partial charge in [0.05, 0.1) is 22.7 Å². The lowest BCUT2D eigenvalue weighted by molar-refractivity contribution is -0.142. The van der Waals surface area contributed by atoms with Gasteiger partial charge in [-0.25, -0.2) is 0 Å². The molecule has 2 aromatic carbocycles. The summed E-state index contributed by atoms with van der Waals surface area (Å²) in [6, 6.07) is 11.8. The SMILES string of the molecule is O=C(NC1CCCC1C(=O)O)C1=NN(c2ccc(Cl)cc2Cl)C(c2ccc(Cl)cc2)C1. The summed E-state index contributed by atoms with van der Waals surface area (Å²) in [5.41, 5.74) is 1.87. The van der Waals surface area contributed by atoms with Crippen LogP contribution in [0.4, 0.5) is 5.69 Å². The third-order valence-electron chi connectivity index (χ3n) is 5.73. The summed E-state index contributed by atoms with van der Waals surface area (Å²) in [6.07, 6.45) is 2.32. The summed E-state index contributed by atoms with van der Waals surface area (Å²) in [5, 5.41) is 20.1. The van der Waals surface area contributed by atoms with Gasteiger partial charge in [-0.1, -0.05) is 53.4 Å². The zero-order valence-corrected chi connectivity index (χ0v) is 18.7. The minimum Gasteiger partial charge on any atom is -0.481 e. The van der Waals surface area contributed by atoms with Crippen molar-refractivity contribution in [1.82, 2.24) is 5.32 Å². The van der Waals surface area contributed by atoms with Crippen molar-refractivity contribution in [3.05, 3.63) is 63.1 Å². The predicted molar refractivity (Wildman–Crippen MR) is 122 cm³/mol. The third-order valence-corrected chi connectivity index (χ3v) is 6.52. The molecule has 0 bridgehead atoms. The highest BCUT2D eigenvalue weighted by atomic mass is 35.5. The summed E-state index contributed by atoms with van der Waals surface area (Å²) < 4.78 is 0. The van der Waals surface area contributed by atoms with Crippen molar-refractivity contribution < 1.29 is 14.7 Å². The topological polar surface area (TPSA) is 82.0 Å². The second-order valence-electron chi connectivity index (χ2n) is 7.71. The molecule has 2 N–H and O–H groups in total. The van der Waals surface area contributed by atoms with E-state index in [1.807, 2.05) is 12.1 Å². The Morgan fingerprint density at radius 1 is 1.03 bits per heavy atom. The Morgan fingerprint density at radius 2 is 1.74 bits per heavy atom. The van der Waals surface area contributed by atoms with Crippen LogP contribution in [0.1, 0.15) is 37.3 Å². The second kappa shape index (κ2) is 9.07. The Balaban J connectivity index is 1.63. The molecule has 1 fully saturated rings. The monoisotopic (exact) mass is 479 g/mol. The number of benzene rings is 2. The first-order chi connectivity index (χ1) is 14.8. The molecule has 162 valence electrons. The molecule has 4 rings (SSSR count). The number of amides is 1. The van der Waals surface area contributed by atoms with Crippen molar-refractivity contribution in [3.8, 4) is 0 Å². The van der Waals surface area contributed by atoms with E-state index in [4.69, 9.17) is 34.8 Å². The van der Waals surface area contributed by atoms with Crippen molar-refractivity contribution in [2.45, 2.75) is 37.8 Å². The number of nitrogens with one attached hydrogen (secondary N) is 1. The molecule has 1 aliphatic heterocycles. The number of carbonyl (C=O) groups is 2. The average Bonchev–Trinajstić information content (AvgIpc) is 3.36. The van der Waals surface area contributed by atoms with Crippen molar-refractivity contribution >= 4 is 58.1 Å². The van der Waals surface area contributed by atoms with Gasteiger partial charge in [-0.2, -0.15) is 5.10 Å². The van der Waals surface area contributed by atoms with E-state index in [2.05, 4.69) is 10.4 Å². The van der Waals surface area contributed by atoms with Crippen molar-refractivity contribution in [3.63, 3.8) is 0 Å². The van der Waals surface area contributed by atoms with Crippen LogP contribution >= 0.6 is 34.8 Å². The van der Waals surface area contributed by atoms with Gasteiger partial charge in [0.25, 0.3) is 5.91 Å². The van der Waals surface area contributed by atoms with Crippen LogP contribution in [0, 0.1) is 5.92 Å². The Labute approximate surface area is 194 Å². The van der Waals surface area contributed by atoms with Gasteiger partial charge >= 0.3 is 5.97 Å². The van der Waals surface area contributed by atoms with E-state index in [0.717, 1.165) is 12.0 Å². The molecule has 31 heavy (non-hydrogen) atoms. The number of anilines is 1. The van der Waals surface area contributed by atoms with Gasteiger partial charge in [0.2, 0.25) is 0 Å². The van der Waals surface area contributed by atoms with E-state index in [-0.39, 0.29) is 11.9 Å². The van der Waals surface area contributed by atoms with E-state index in [1.54, 1.807) is 35.3 Å². The van der Waals surface area contributed by atoms with Gasteiger partial charge in [-0.3, -0.25) is 14.6 Å². The molecule has 1 heterocycles. The summed E-state index contributed by atoms with van der Waals surface area (Å²) >= 11 is 18.5. The number of aliphatic carboxylic acids is 1. The number of carbonyl (C=O) groups excluding carboxylic acids is 1. The Kier molecular flexibility index (Phi) is 6.42. The minimum absolute atomic E-state index is 0.268. The van der Waals surface area contributed by atoms with Crippen LogP contribution in [-0.2, 0) is 9.59 Å². The highest BCUT2D eigenvalue weighted by Gasteiger charge is 2.37. The summed E-state index contributed by atoms with van der Waals surface area (Å²) in [7, 11) is 0. The Morgan fingerprint density at radius 3 is 2.42 bits per heavy atom. The summed E-state index contributed by atoms with van der Waals surface area (Å²) in [4.78, 5) is 24.4. The van der Waals surface area contributed by atoms with Crippen molar-refractivity contribution in [2.75, 3.05) is 5.01 Å². The molecule has 1 saturated carbocycles. The van der Waals surface area contributed by atoms with Crippen LogP contribution in [0.25, 0.3) is 0 Å². The Hall–Kier alpha value is -2.28. The van der Waals surface area contributed by atoms with Gasteiger partial charge in [0.15, 0.2) is 0 Å². The van der Waals surface area contributed by atoms with Gasteiger partial charge in [-0.05, 0) is 48.7 Å². The van der Waals surface area contributed by atoms with E-state index < -0.39 is 17.9 Å². The van der Waals surface area contributed by atoms with Crippen LogP contribution in [-0.4, -0.2) is 28.7 Å². The van der Waals surface area contributed by atoms with E-state index in [0.29, 0.717) is 45.7 Å². The van der Waals surface area contributed by atoms with E-state index in [1.165, 1.54) is 0 Å². The maximum Gasteiger partial charge on any atom is 0.308 e. The lowest BCUT2D eigenvalue weighted by atomic mass is 10.00. The largest absolute Gasteiger partial charge is 0.481 e. The smallest absolute Gasteiger partial charge is 0.308 e. The zero-order chi connectivity index (χ0) is 22.1. The fourth-order valence-electron chi connectivity index (χ4n) is 4.16. The first-order valence-corrected chi connectivity index (χ1v) is 11.1. The zero-order valence-electron chi connectivity index (χ0n) is 16.4. The fourth-order valence-corrected chi connectivity index (χ4v) is 4.78. The number of nitrogens with zero attached hydrogens (tertiary/aromatic N) is 2. The third kappa shape index (κ3) is 4.66. The number of hydrogen-bond acceptors (Lipinski definition) is 4. The van der Waals surface area contributed by atoms with Crippen LogP contribution < -0.4 is 10.3 Å². The van der Waals surface area contributed by atoms with Crippen molar-refractivity contribution in [1.29, 1.82) is 0 Å². The lowest BCUT2D eigenvalue weighted by Crippen LogP contribution is -2.43. The molecule has 1 amide bonds. The molecular formula is C22H20Cl3N3O3. The highest BCUT2D eigenvalue weighted by Crippen LogP contribution is 2.40. The highest BCUT2D eigenvalue weighted by molar-refractivity contribution is 6.40. The quantitative estimate of drug-likeness (QED) is 0.606. The molecule has 0 radical (unpaired) electrons. The maximum absolute atomic E-state index is 13.0. The number of carboxylic acid groups (broad SMARTS) is 1. The second-order valence-corrected chi connectivity index (χ2v) is 8.99. The van der Waals surface area contributed by atoms with Gasteiger partial charge in [0.1, 0.15) is 5.71 Å². The molecule has 6 nitrogen and oxygen atoms in total. The van der Waals surface area contributed by atoms with Gasteiger partial charge in [0, 0.05) is 22.5 Å². The van der Waals surface area contributed by atoms with Crippen LogP contribution in [0.3, 0.4) is 0 Å². The molecule has 1 aliphatic carbocycles. The van der Waals surface area contributed by atoms with E-state index >= 15 is 0 Å². The first kappa shape index (κ1) is 21.9. The van der Waals surface area contributed by atoms with Gasteiger partial charge < -0.3 is 10.4 Å². The molecule has 0 spiro atoms. The lowest BCUT2D eigenvalue weighted by Gasteiger charge is -2.25. The minimum atomic E-state index is -0.884. The normalized spacial score (nSPS) is 23.0. The molecule has 0 saturated heterocycles. The number of carboxylic acids is 1. The Bertz CT molecular complexity index is 1040. The molecule has 3 atom stereocenters. The molecule has 9 heteroatoms. The number of hydrogen-bond donors (Lipinski definition) is 2. The molecule has 0 aromatic heterocycles. The number of rotatable bonds is 5. The first-order valence-electron chi connectivity index (χ1n) is 9.94.